The van der Waals surface area contributed by atoms with Crippen LogP contribution in [-0.2, 0) is 11.2 Å². The van der Waals surface area contributed by atoms with Gasteiger partial charge in [0, 0.05) is 20.0 Å². The Morgan fingerprint density at radius 3 is 2.79 bits per heavy atom. The number of hydrogen-bond donors (Lipinski definition) is 1. The fourth-order valence-electron chi connectivity index (χ4n) is 2.45. The third kappa shape index (κ3) is 4.31. The zero-order valence-corrected chi connectivity index (χ0v) is 11.4. The molecule has 104 valence electrons. The molecule has 0 bridgehead atoms. The number of benzene rings is 1. The highest BCUT2D eigenvalue weighted by Gasteiger charge is 2.18. The first-order chi connectivity index (χ1) is 9.15. The molecule has 1 amide bonds. The van der Waals surface area contributed by atoms with E-state index in [2.05, 4.69) is 5.32 Å². The maximum absolute atomic E-state index is 12.8. The van der Waals surface area contributed by atoms with Gasteiger partial charge >= 0.3 is 0 Å². The van der Waals surface area contributed by atoms with Crippen molar-refractivity contribution in [2.45, 2.75) is 19.3 Å². The molecule has 1 aromatic rings. The number of nitrogens with zero attached hydrogens (tertiary/aromatic N) is 1. The summed E-state index contributed by atoms with van der Waals surface area (Å²) in [5, 5.41) is 3.31. The van der Waals surface area contributed by atoms with E-state index in [1.165, 1.54) is 12.1 Å². The summed E-state index contributed by atoms with van der Waals surface area (Å²) in [5.74, 6) is 0.511. The van der Waals surface area contributed by atoms with E-state index in [0.29, 0.717) is 18.8 Å². The molecule has 19 heavy (non-hydrogen) atoms. The molecule has 1 aromatic carbocycles. The standard InChI is InChI=1S/C15H21FN2O/c1-18(11-13-8-9-17-10-13)15(19)7-4-12-2-5-14(16)6-3-12/h2-3,5-6,13,17H,4,7-11H2,1H3. The Kier molecular flexibility index (Phi) is 4.91. The van der Waals surface area contributed by atoms with Crippen LogP contribution in [0.3, 0.4) is 0 Å². The van der Waals surface area contributed by atoms with E-state index in [1.807, 2.05) is 11.9 Å². The van der Waals surface area contributed by atoms with Crippen LogP contribution in [0.5, 0.6) is 0 Å². The fraction of sp³-hybridized carbons (Fsp3) is 0.533. The van der Waals surface area contributed by atoms with E-state index in [-0.39, 0.29) is 11.7 Å². The van der Waals surface area contributed by atoms with Crippen LogP contribution in [0, 0.1) is 11.7 Å². The first-order valence-corrected chi connectivity index (χ1v) is 6.84. The predicted octanol–water partition coefficient (Wildman–Crippen LogP) is 1.83. The largest absolute Gasteiger partial charge is 0.345 e. The molecule has 1 fully saturated rings. The van der Waals surface area contributed by atoms with Crippen molar-refractivity contribution in [3.8, 4) is 0 Å². The van der Waals surface area contributed by atoms with E-state index < -0.39 is 0 Å². The summed E-state index contributed by atoms with van der Waals surface area (Å²) in [7, 11) is 1.87. The van der Waals surface area contributed by atoms with Crippen molar-refractivity contribution < 1.29 is 9.18 Å². The van der Waals surface area contributed by atoms with Crippen molar-refractivity contribution >= 4 is 5.91 Å². The second kappa shape index (κ2) is 6.66. The number of rotatable bonds is 5. The van der Waals surface area contributed by atoms with Gasteiger partial charge in [0.05, 0.1) is 0 Å². The molecule has 0 saturated carbocycles. The summed E-state index contributed by atoms with van der Waals surface area (Å²) >= 11 is 0. The van der Waals surface area contributed by atoms with Crippen LogP contribution in [0.4, 0.5) is 4.39 Å². The highest BCUT2D eigenvalue weighted by atomic mass is 19.1. The zero-order valence-electron chi connectivity index (χ0n) is 11.4. The molecular weight excluding hydrogens is 243 g/mol. The minimum Gasteiger partial charge on any atom is -0.345 e. The first kappa shape index (κ1) is 14.0. The normalized spacial score (nSPS) is 18.5. The zero-order chi connectivity index (χ0) is 13.7. The second-order valence-corrected chi connectivity index (χ2v) is 5.26. The lowest BCUT2D eigenvalue weighted by Crippen LogP contribution is -2.32. The number of halogens is 1. The summed E-state index contributed by atoms with van der Waals surface area (Å²) in [6, 6.07) is 6.36. The van der Waals surface area contributed by atoms with Crippen molar-refractivity contribution in [1.82, 2.24) is 10.2 Å². The second-order valence-electron chi connectivity index (χ2n) is 5.26. The number of carbonyl (C=O) groups is 1. The van der Waals surface area contributed by atoms with Crippen LogP contribution >= 0.6 is 0 Å². The van der Waals surface area contributed by atoms with Crippen molar-refractivity contribution in [1.29, 1.82) is 0 Å². The molecule has 0 aromatic heterocycles. The molecule has 1 atom stereocenters. The molecule has 4 heteroatoms. The maximum atomic E-state index is 12.8. The number of amides is 1. The highest BCUT2D eigenvalue weighted by Crippen LogP contribution is 2.11. The lowest BCUT2D eigenvalue weighted by molar-refractivity contribution is -0.130. The summed E-state index contributed by atoms with van der Waals surface area (Å²) < 4.78 is 12.8. The number of hydrogen-bond acceptors (Lipinski definition) is 2. The Labute approximate surface area is 113 Å². The minimum absolute atomic E-state index is 0.163. The van der Waals surface area contributed by atoms with Crippen LogP contribution < -0.4 is 5.32 Å². The van der Waals surface area contributed by atoms with Gasteiger partial charge in [0.2, 0.25) is 5.91 Å². The first-order valence-electron chi connectivity index (χ1n) is 6.84. The summed E-state index contributed by atoms with van der Waals surface area (Å²) in [4.78, 5) is 13.8. The van der Waals surface area contributed by atoms with Crippen molar-refractivity contribution in [3.63, 3.8) is 0 Å². The van der Waals surface area contributed by atoms with E-state index in [9.17, 15) is 9.18 Å². The third-order valence-corrected chi connectivity index (χ3v) is 3.66. The monoisotopic (exact) mass is 264 g/mol. The Hall–Kier alpha value is -1.42. The van der Waals surface area contributed by atoms with Gasteiger partial charge in [-0.15, -0.1) is 0 Å². The molecule has 1 aliphatic heterocycles. The van der Waals surface area contributed by atoms with Crippen LogP contribution in [0.15, 0.2) is 24.3 Å². The van der Waals surface area contributed by atoms with Gasteiger partial charge < -0.3 is 10.2 Å². The quantitative estimate of drug-likeness (QED) is 0.880. The van der Waals surface area contributed by atoms with Crippen LogP contribution in [0.1, 0.15) is 18.4 Å². The lowest BCUT2D eigenvalue weighted by atomic mass is 10.1. The van der Waals surface area contributed by atoms with Gasteiger partial charge in [-0.05, 0) is 49.5 Å². The van der Waals surface area contributed by atoms with E-state index in [1.54, 1.807) is 12.1 Å². The predicted molar refractivity (Wildman–Crippen MR) is 73.3 cm³/mol. The summed E-state index contributed by atoms with van der Waals surface area (Å²) in [5.41, 5.74) is 1.01. The molecule has 0 spiro atoms. The number of aryl methyl sites for hydroxylation is 1. The van der Waals surface area contributed by atoms with Gasteiger partial charge in [0.25, 0.3) is 0 Å². The van der Waals surface area contributed by atoms with Crippen molar-refractivity contribution in [2.24, 2.45) is 5.92 Å². The molecule has 1 saturated heterocycles. The SMILES string of the molecule is CN(CC1CCNC1)C(=O)CCc1ccc(F)cc1. The average molecular weight is 264 g/mol. The lowest BCUT2D eigenvalue weighted by Gasteiger charge is -2.20. The highest BCUT2D eigenvalue weighted by molar-refractivity contribution is 5.76. The summed E-state index contributed by atoms with van der Waals surface area (Å²) in [6.45, 7) is 2.90. The van der Waals surface area contributed by atoms with Gasteiger partial charge in [-0.1, -0.05) is 12.1 Å². The molecule has 1 N–H and O–H groups in total. The van der Waals surface area contributed by atoms with Gasteiger partial charge in [-0.25, -0.2) is 4.39 Å². The van der Waals surface area contributed by atoms with Gasteiger partial charge in [0.15, 0.2) is 0 Å². The van der Waals surface area contributed by atoms with Crippen LogP contribution in [-0.4, -0.2) is 37.5 Å². The Morgan fingerprint density at radius 2 is 2.16 bits per heavy atom. The van der Waals surface area contributed by atoms with Crippen molar-refractivity contribution in [3.05, 3.63) is 35.6 Å². The number of carbonyl (C=O) groups excluding carboxylic acids is 1. The van der Waals surface area contributed by atoms with Crippen molar-refractivity contribution in [2.75, 3.05) is 26.7 Å². The number of nitrogens with one attached hydrogen (secondary N) is 1. The van der Waals surface area contributed by atoms with Crippen LogP contribution in [0.2, 0.25) is 0 Å². The van der Waals surface area contributed by atoms with Crippen LogP contribution in [0.25, 0.3) is 0 Å². The molecule has 1 aliphatic rings. The summed E-state index contributed by atoms with van der Waals surface area (Å²) in [6.07, 6.45) is 2.31. The molecular formula is C15H21FN2O. The molecule has 2 rings (SSSR count). The molecule has 1 unspecified atom stereocenters. The smallest absolute Gasteiger partial charge is 0.222 e. The van der Waals surface area contributed by atoms with Gasteiger partial charge in [0.1, 0.15) is 5.82 Å². The van der Waals surface area contributed by atoms with E-state index >= 15 is 0 Å². The minimum atomic E-state index is -0.235. The fourth-order valence-corrected chi connectivity index (χ4v) is 2.45. The Balaban J connectivity index is 1.75. The van der Waals surface area contributed by atoms with E-state index in [0.717, 1.165) is 31.6 Å². The third-order valence-electron chi connectivity index (χ3n) is 3.66. The molecule has 0 radical (unpaired) electrons. The Bertz CT molecular complexity index is 413. The maximum Gasteiger partial charge on any atom is 0.222 e. The van der Waals surface area contributed by atoms with Gasteiger partial charge in [-0.3, -0.25) is 4.79 Å². The van der Waals surface area contributed by atoms with E-state index in [4.69, 9.17) is 0 Å². The average Bonchev–Trinajstić information content (AvgIpc) is 2.90. The Morgan fingerprint density at radius 1 is 1.42 bits per heavy atom. The molecule has 0 aliphatic carbocycles. The topological polar surface area (TPSA) is 32.3 Å². The molecule has 3 nitrogen and oxygen atoms in total. The molecule has 1 heterocycles. The van der Waals surface area contributed by atoms with Gasteiger partial charge in [-0.2, -0.15) is 0 Å².